The van der Waals surface area contributed by atoms with Crippen molar-refractivity contribution in [3.63, 3.8) is 0 Å². The molecule has 8 heteroatoms. The number of thioether (sulfide) groups is 1. The number of carboxylic acid groups (broad SMARTS) is 1. The van der Waals surface area contributed by atoms with E-state index < -0.39 is 11.9 Å². The van der Waals surface area contributed by atoms with Crippen molar-refractivity contribution in [2.24, 2.45) is 4.99 Å². The second kappa shape index (κ2) is 6.36. The number of rotatable bonds is 5. The number of nitrogens with zero attached hydrogens (tertiary/aromatic N) is 2. The van der Waals surface area contributed by atoms with Crippen molar-refractivity contribution in [1.29, 1.82) is 0 Å². The predicted octanol–water partition coefficient (Wildman–Crippen LogP) is 2.35. The molecular formula is C12H15N3O3S2. The van der Waals surface area contributed by atoms with Gasteiger partial charge in [0.05, 0.1) is 16.9 Å². The molecule has 2 rings (SSSR count). The number of amidine groups is 1. The van der Waals surface area contributed by atoms with Gasteiger partial charge in [0.1, 0.15) is 0 Å². The van der Waals surface area contributed by atoms with Crippen molar-refractivity contribution in [2.75, 3.05) is 0 Å². The normalized spacial score (nSPS) is 22.0. The third-order valence-corrected chi connectivity index (χ3v) is 4.92. The quantitative estimate of drug-likeness (QED) is 0.870. The van der Waals surface area contributed by atoms with Gasteiger partial charge in [-0.2, -0.15) is 4.99 Å². The molecule has 0 spiro atoms. The molecule has 0 bridgehead atoms. The van der Waals surface area contributed by atoms with Gasteiger partial charge in [0.15, 0.2) is 5.17 Å². The van der Waals surface area contributed by atoms with Gasteiger partial charge in [0.25, 0.3) is 0 Å². The van der Waals surface area contributed by atoms with Crippen molar-refractivity contribution < 1.29 is 14.7 Å². The molecule has 1 fully saturated rings. The number of carboxylic acids is 1. The zero-order valence-corrected chi connectivity index (χ0v) is 12.8. The van der Waals surface area contributed by atoms with Crippen LogP contribution >= 0.6 is 23.1 Å². The zero-order valence-electron chi connectivity index (χ0n) is 11.1. The Morgan fingerprint density at radius 3 is 2.90 bits per heavy atom. The molecule has 20 heavy (non-hydrogen) atoms. The van der Waals surface area contributed by atoms with Gasteiger partial charge in [-0.15, -0.1) is 11.3 Å². The molecule has 1 aliphatic rings. The molecule has 0 aliphatic carbocycles. The Balaban J connectivity index is 2.14. The van der Waals surface area contributed by atoms with E-state index in [0.717, 1.165) is 6.42 Å². The van der Waals surface area contributed by atoms with Gasteiger partial charge in [-0.3, -0.25) is 9.59 Å². The molecule has 108 valence electrons. The van der Waals surface area contributed by atoms with Crippen LogP contribution < -0.4 is 5.32 Å². The van der Waals surface area contributed by atoms with Crippen LogP contribution in [0.25, 0.3) is 0 Å². The maximum atomic E-state index is 11.5. The highest BCUT2D eigenvalue weighted by molar-refractivity contribution is 8.15. The lowest BCUT2D eigenvalue weighted by Gasteiger charge is -2.04. The molecule has 0 radical (unpaired) electrons. The van der Waals surface area contributed by atoms with E-state index in [9.17, 15) is 9.59 Å². The number of carbonyl (C=O) groups is 2. The Bertz CT molecular complexity index is 556. The Labute approximate surface area is 124 Å². The molecule has 2 atom stereocenters. The van der Waals surface area contributed by atoms with Crippen LogP contribution in [0.2, 0.25) is 0 Å². The Morgan fingerprint density at radius 2 is 2.35 bits per heavy atom. The van der Waals surface area contributed by atoms with E-state index >= 15 is 0 Å². The molecule has 1 aliphatic heterocycles. The van der Waals surface area contributed by atoms with Crippen molar-refractivity contribution in [3.05, 3.63) is 11.1 Å². The lowest BCUT2D eigenvalue weighted by atomic mass is 10.0. The fourth-order valence-electron chi connectivity index (χ4n) is 1.81. The third kappa shape index (κ3) is 3.18. The second-order valence-electron chi connectivity index (χ2n) is 4.27. The number of aromatic nitrogens is 1. The van der Waals surface area contributed by atoms with Gasteiger partial charge in [-0.25, -0.2) is 4.98 Å². The summed E-state index contributed by atoms with van der Waals surface area (Å²) in [6.45, 7) is 3.75. The molecule has 6 nitrogen and oxygen atoms in total. The Kier molecular flexibility index (Phi) is 4.77. The first-order chi connectivity index (χ1) is 9.55. The summed E-state index contributed by atoms with van der Waals surface area (Å²) in [6.07, 6.45) is 1.23. The highest BCUT2D eigenvalue weighted by Crippen LogP contribution is 2.29. The smallest absolute Gasteiger partial charge is 0.312 e. The summed E-state index contributed by atoms with van der Waals surface area (Å²) < 4.78 is 0. The van der Waals surface area contributed by atoms with Gasteiger partial charge in [0, 0.05) is 5.38 Å². The number of thiazole rings is 1. The highest BCUT2D eigenvalue weighted by Gasteiger charge is 2.29. The van der Waals surface area contributed by atoms with E-state index in [-0.39, 0.29) is 11.2 Å². The molecule has 1 aromatic heterocycles. The number of amides is 1. The summed E-state index contributed by atoms with van der Waals surface area (Å²) in [5.41, 5.74) is 0.519. The lowest BCUT2D eigenvalue weighted by Crippen LogP contribution is -2.24. The highest BCUT2D eigenvalue weighted by atomic mass is 32.2. The molecule has 0 aromatic carbocycles. The monoisotopic (exact) mass is 313 g/mol. The van der Waals surface area contributed by atoms with E-state index in [2.05, 4.69) is 15.3 Å². The van der Waals surface area contributed by atoms with Crippen molar-refractivity contribution in [1.82, 2.24) is 10.3 Å². The van der Waals surface area contributed by atoms with E-state index in [4.69, 9.17) is 5.11 Å². The first-order valence-electron chi connectivity index (χ1n) is 6.29. The van der Waals surface area contributed by atoms with Gasteiger partial charge in [0.2, 0.25) is 11.0 Å². The summed E-state index contributed by atoms with van der Waals surface area (Å²) in [7, 11) is 0. The van der Waals surface area contributed by atoms with Crippen LogP contribution in [-0.2, 0) is 9.59 Å². The van der Waals surface area contributed by atoms with Gasteiger partial charge < -0.3 is 10.4 Å². The maximum absolute atomic E-state index is 11.5. The zero-order chi connectivity index (χ0) is 14.7. The third-order valence-electron chi connectivity index (χ3n) is 2.92. The number of hydrogen-bond donors (Lipinski definition) is 2. The standard InChI is InChI=1S/C12H15N3O3S2/c1-3-6(10(17)18)7-5-19-11(13-7)15-12-14-9(16)8(4-2)20-12/h5-6,8H,3-4H2,1-2H3,(H,17,18)(H,13,14,15,16). The number of aliphatic imine (C=N–C) groups is 1. The number of nitrogens with one attached hydrogen (secondary N) is 1. The van der Waals surface area contributed by atoms with E-state index in [0.29, 0.717) is 22.4 Å². The van der Waals surface area contributed by atoms with Crippen LogP contribution in [0.4, 0.5) is 5.13 Å². The minimum atomic E-state index is -0.883. The molecule has 0 saturated carbocycles. The SMILES string of the molecule is CCC1SC(=Nc2nc(C(CC)C(=O)O)cs2)NC1=O. The number of aliphatic carboxylic acids is 1. The van der Waals surface area contributed by atoms with Crippen LogP contribution in [0.3, 0.4) is 0 Å². The Hall–Kier alpha value is -1.41. The minimum absolute atomic E-state index is 0.0370. The number of carbonyl (C=O) groups excluding carboxylic acids is 1. The van der Waals surface area contributed by atoms with Crippen molar-refractivity contribution in [3.8, 4) is 0 Å². The second-order valence-corrected chi connectivity index (χ2v) is 6.30. The lowest BCUT2D eigenvalue weighted by molar-refractivity contribution is -0.139. The van der Waals surface area contributed by atoms with Crippen LogP contribution in [-0.4, -0.2) is 32.4 Å². The molecule has 1 aromatic rings. The maximum Gasteiger partial charge on any atom is 0.312 e. The first-order valence-corrected chi connectivity index (χ1v) is 8.05. The van der Waals surface area contributed by atoms with Crippen LogP contribution in [0.5, 0.6) is 0 Å². The fourth-order valence-corrected chi connectivity index (χ4v) is 3.52. The summed E-state index contributed by atoms with van der Waals surface area (Å²) in [5, 5.41) is 14.4. The molecular weight excluding hydrogens is 298 g/mol. The van der Waals surface area contributed by atoms with Crippen LogP contribution in [0.15, 0.2) is 10.4 Å². The van der Waals surface area contributed by atoms with E-state index in [1.54, 1.807) is 5.38 Å². The molecule has 2 heterocycles. The van der Waals surface area contributed by atoms with Crippen molar-refractivity contribution >= 4 is 45.3 Å². The van der Waals surface area contributed by atoms with Crippen molar-refractivity contribution in [2.45, 2.75) is 37.9 Å². The van der Waals surface area contributed by atoms with E-state index in [1.165, 1.54) is 23.1 Å². The molecule has 1 saturated heterocycles. The van der Waals surface area contributed by atoms with Gasteiger partial charge in [-0.05, 0) is 12.8 Å². The van der Waals surface area contributed by atoms with E-state index in [1.807, 2.05) is 13.8 Å². The molecule has 1 amide bonds. The number of hydrogen-bond acceptors (Lipinski definition) is 6. The predicted molar refractivity (Wildman–Crippen MR) is 79.7 cm³/mol. The summed E-state index contributed by atoms with van der Waals surface area (Å²) in [6, 6.07) is 0. The molecule has 2 unspecified atom stereocenters. The van der Waals surface area contributed by atoms with Crippen LogP contribution in [0, 0.1) is 0 Å². The fraction of sp³-hybridized carbons (Fsp3) is 0.500. The first kappa shape index (κ1) is 15.0. The molecule has 2 N–H and O–H groups in total. The topological polar surface area (TPSA) is 91.7 Å². The van der Waals surface area contributed by atoms with Crippen LogP contribution in [0.1, 0.15) is 38.3 Å². The van der Waals surface area contributed by atoms with Gasteiger partial charge >= 0.3 is 5.97 Å². The average molecular weight is 313 g/mol. The average Bonchev–Trinajstić information content (AvgIpc) is 2.97. The minimum Gasteiger partial charge on any atom is -0.481 e. The summed E-state index contributed by atoms with van der Waals surface area (Å²) >= 11 is 2.66. The summed E-state index contributed by atoms with van der Waals surface area (Å²) in [4.78, 5) is 31.1. The van der Waals surface area contributed by atoms with Gasteiger partial charge in [-0.1, -0.05) is 25.6 Å². The Morgan fingerprint density at radius 1 is 1.60 bits per heavy atom. The summed E-state index contributed by atoms with van der Waals surface area (Å²) in [5.74, 6) is -1.52. The largest absolute Gasteiger partial charge is 0.481 e.